The maximum absolute atomic E-state index is 13.1. The van der Waals surface area contributed by atoms with E-state index in [0.717, 1.165) is 0 Å². The van der Waals surface area contributed by atoms with Crippen molar-refractivity contribution >= 4 is 0 Å². The zero-order chi connectivity index (χ0) is 9.84. The molecular weight excluding hydrogens is 171 g/mol. The first-order valence-corrected chi connectivity index (χ1v) is 4.13. The van der Waals surface area contributed by atoms with E-state index in [1.807, 2.05) is 13.8 Å². The van der Waals surface area contributed by atoms with Gasteiger partial charge >= 0.3 is 0 Å². The predicted molar refractivity (Wildman–Crippen MR) is 48.7 cm³/mol. The maximum Gasteiger partial charge on any atom is 0.165 e. The fourth-order valence-electron chi connectivity index (χ4n) is 0.955. The van der Waals surface area contributed by atoms with Crippen LogP contribution >= 0.6 is 0 Å². The van der Waals surface area contributed by atoms with E-state index in [2.05, 4.69) is 0 Å². The summed E-state index contributed by atoms with van der Waals surface area (Å²) in [5.74, 6) is 0.459. The molecule has 1 rings (SSSR count). The Kier molecular flexibility index (Phi) is 3.12. The first-order chi connectivity index (χ1) is 6.13. The van der Waals surface area contributed by atoms with Crippen LogP contribution in [0.4, 0.5) is 4.39 Å². The van der Waals surface area contributed by atoms with Crippen LogP contribution in [0.2, 0.25) is 0 Å². The van der Waals surface area contributed by atoms with E-state index in [4.69, 9.17) is 9.47 Å². The smallest absolute Gasteiger partial charge is 0.165 e. The summed E-state index contributed by atoms with van der Waals surface area (Å²) >= 11 is 0. The lowest BCUT2D eigenvalue weighted by Crippen LogP contribution is -2.06. The molecule has 0 N–H and O–H groups in total. The van der Waals surface area contributed by atoms with Gasteiger partial charge in [0.25, 0.3) is 0 Å². The molecule has 0 saturated carbocycles. The molecule has 3 heteroatoms. The first kappa shape index (κ1) is 9.84. The quantitative estimate of drug-likeness (QED) is 0.718. The summed E-state index contributed by atoms with van der Waals surface area (Å²) < 4.78 is 23.3. The van der Waals surface area contributed by atoms with Crippen molar-refractivity contribution in [2.75, 3.05) is 7.11 Å². The van der Waals surface area contributed by atoms with Gasteiger partial charge < -0.3 is 9.47 Å². The molecule has 0 heterocycles. The van der Waals surface area contributed by atoms with Crippen molar-refractivity contribution in [3.05, 3.63) is 24.0 Å². The highest BCUT2D eigenvalue weighted by molar-refractivity contribution is 5.34. The SMILES string of the molecule is COc1ccc(F)c(OC(C)C)c1. The molecule has 0 aliphatic heterocycles. The van der Waals surface area contributed by atoms with Crippen molar-refractivity contribution in [2.45, 2.75) is 20.0 Å². The molecule has 2 nitrogen and oxygen atoms in total. The van der Waals surface area contributed by atoms with Gasteiger partial charge in [0.2, 0.25) is 0 Å². The molecule has 0 bridgehead atoms. The second-order valence-corrected chi connectivity index (χ2v) is 2.96. The third-order valence-corrected chi connectivity index (χ3v) is 1.50. The Morgan fingerprint density at radius 3 is 2.54 bits per heavy atom. The number of hydrogen-bond donors (Lipinski definition) is 0. The van der Waals surface area contributed by atoms with Gasteiger partial charge in [0.1, 0.15) is 5.75 Å². The number of halogens is 1. The van der Waals surface area contributed by atoms with Crippen molar-refractivity contribution in [1.82, 2.24) is 0 Å². The van der Waals surface area contributed by atoms with Gasteiger partial charge in [-0.15, -0.1) is 0 Å². The molecule has 0 saturated heterocycles. The van der Waals surface area contributed by atoms with Gasteiger partial charge in [0.05, 0.1) is 13.2 Å². The van der Waals surface area contributed by atoms with E-state index >= 15 is 0 Å². The largest absolute Gasteiger partial charge is 0.497 e. The zero-order valence-corrected chi connectivity index (χ0v) is 8.00. The van der Waals surface area contributed by atoms with E-state index in [0.29, 0.717) is 5.75 Å². The normalized spacial score (nSPS) is 10.2. The summed E-state index contributed by atoms with van der Waals surface area (Å²) in [6.07, 6.45) is -0.0402. The lowest BCUT2D eigenvalue weighted by atomic mass is 10.3. The minimum absolute atomic E-state index is 0.0402. The molecule has 72 valence electrons. The molecule has 0 aliphatic carbocycles. The van der Waals surface area contributed by atoms with Crippen molar-refractivity contribution < 1.29 is 13.9 Å². The highest BCUT2D eigenvalue weighted by atomic mass is 19.1. The lowest BCUT2D eigenvalue weighted by Gasteiger charge is -2.11. The van der Waals surface area contributed by atoms with Crippen LogP contribution in [0.15, 0.2) is 18.2 Å². The van der Waals surface area contributed by atoms with Crippen LogP contribution in [-0.2, 0) is 0 Å². The average molecular weight is 184 g/mol. The molecule has 0 aliphatic rings. The van der Waals surface area contributed by atoms with Crippen LogP contribution in [0.5, 0.6) is 11.5 Å². The Labute approximate surface area is 77.3 Å². The van der Waals surface area contributed by atoms with Gasteiger partial charge in [0, 0.05) is 6.07 Å². The monoisotopic (exact) mass is 184 g/mol. The molecule has 0 unspecified atom stereocenters. The van der Waals surface area contributed by atoms with Crippen molar-refractivity contribution in [2.24, 2.45) is 0 Å². The van der Waals surface area contributed by atoms with Gasteiger partial charge in [-0.1, -0.05) is 0 Å². The van der Waals surface area contributed by atoms with Crippen LogP contribution in [0.3, 0.4) is 0 Å². The molecule has 0 fully saturated rings. The molecule has 1 aromatic carbocycles. The number of methoxy groups -OCH3 is 1. The summed E-state index contributed by atoms with van der Waals surface area (Å²) in [5, 5.41) is 0. The van der Waals surface area contributed by atoms with E-state index in [9.17, 15) is 4.39 Å². The summed E-state index contributed by atoms with van der Waals surface area (Å²) in [6, 6.07) is 4.42. The molecular formula is C10H13FO2. The standard InChI is InChI=1S/C10H13FO2/c1-7(2)13-10-6-8(12-3)4-5-9(10)11/h4-7H,1-3H3. The number of rotatable bonds is 3. The first-order valence-electron chi connectivity index (χ1n) is 4.13. The van der Waals surface area contributed by atoms with E-state index < -0.39 is 0 Å². The molecule has 13 heavy (non-hydrogen) atoms. The van der Waals surface area contributed by atoms with Gasteiger partial charge in [-0.3, -0.25) is 0 Å². The van der Waals surface area contributed by atoms with Gasteiger partial charge in [-0.05, 0) is 26.0 Å². The highest BCUT2D eigenvalue weighted by Gasteiger charge is 2.06. The van der Waals surface area contributed by atoms with Crippen LogP contribution in [0.1, 0.15) is 13.8 Å². The second kappa shape index (κ2) is 4.12. The van der Waals surface area contributed by atoms with Gasteiger partial charge in [0.15, 0.2) is 11.6 Å². The van der Waals surface area contributed by atoms with E-state index in [-0.39, 0.29) is 17.7 Å². The molecule has 0 spiro atoms. The maximum atomic E-state index is 13.1. The Morgan fingerprint density at radius 2 is 2.00 bits per heavy atom. The summed E-state index contributed by atoms with van der Waals surface area (Å²) in [4.78, 5) is 0. The predicted octanol–water partition coefficient (Wildman–Crippen LogP) is 2.62. The minimum Gasteiger partial charge on any atom is -0.497 e. The fourth-order valence-corrected chi connectivity index (χ4v) is 0.955. The molecule has 0 amide bonds. The number of benzene rings is 1. The lowest BCUT2D eigenvalue weighted by molar-refractivity contribution is 0.230. The van der Waals surface area contributed by atoms with Crippen LogP contribution in [0.25, 0.3) is 0 Å². The Bertz CT molecular complexity index is 284. The summed E-state index contributed by atoms with van der Waals surface area (Å²) in [5.41, 5.74) is 0. The number of ether oxygens (including phenoxy) is 2. The highest BCUT2D eigenvalue weighted by Crippen LogP contribution is 2.23. The van der Waals surface area contributed by atoms with Crippen LogP contribution in [-0.4, -0.2) is 13.2 Å². The van der Waals surface area contributed by atoms with E-state index in [1.165, 1.54) is 19.2 Å². The third-order valence-electron chi connectivity index (χ3n) is 1.50. The molecule has 1 aromatic rings. The van der Waals surface area contributed by atoms with Gasteiger partial charge in [-0.25, -0.2) is 4.39 Å². The fraction of sp³-hybridized carbons (Fsp3) is 0.400. The number of hydrogen-bond acceptors (Lipinski definition) is 2. The second-order valence-electron chi connectivity index (χ2n) is 2.96. The topological polar surface area (TPSA) is 18.5 Å². The summed E-state index contributed by atoms with van der Waals surface area (Å²) in [6.45, 7) is 3.69. The molecule has 0 atom stereocenters. The van der Waals surface area contributed by atoms with E-state index in [1.54, 1.807) is 6.07 Å². The van der Waals surface area contributed by atoms with Crippen molar-refractivity contribution in [3.63, 3.8) is 0 Å². The van der Waals surface area contributed by atoms with Crippen LogP contribution < -0.4 is 9.47 Å². The molecule has 0 aromatic heterocycles. The Morgan fingerprint density at radius 1 is 1.31 bits per heavy atom. The third kappa shape index (κ3) is 2.61. The average Bonchev–Trinajstić information content (AvgIpc) is 2.08. The van der Waals surface area contributed by atoms with Gasteiger partial charge in [-0.2, -0.15) is 0 Å². The van der Waals surface area contributed by atoms with Crippen LogP contribution in [0, 0.1) is 5.82 Å². The minimum atomic E-state index is -0.366. The zero-order valence-electron chi connectivity index (χ0n) is 8.00. The Balaban J connectivity index is 2.90. The van der Waals surface area contributed by atoms with Crippen molar-refractivity contribution in [1.29, 1.82) is 0 Å². The summed E-state index contributed by atoms with van der Waals surface area (Å²) in [7, 11) is 1.53. The Hall–Kier alpha value is -1.25. The molecule has 0 radical (unpaired) electrons. The van der Waals surface area contributed by atoms with Crippen molar-refractivity contribution in [3.8, 4) is 11.5 Å².